The number of fused-ring (bicyclic) bond motifs is 1. The van der Waals surface area contributed by atoms with Crippen LogP contribution >= 0.6 is 0 Å². The fourth-order valence-corrected chi connectivity index (χ4v) is 2.60. The van der Waals surface area contributed by atoms with Crippen molar-refractivity contribution in [3.05, 3.63) is 34.4 Å². The number of nitrogens with two attached hydrogens (primary N) is 1. The molecule has 1 aliphatic carbocycles. The van der Waals surface area contributed by atoms with E-state index in [4.69, 9.17) is 10.5 Å². The van der Waals surface area contributed by atoms with Gasteiger partial charge in [-0.3, -0.25) is 0 Å². The third kappa shape index (κ3) is 2.58. The maximum atomic E-state index is 10.2. The van der Waals surface area contributed by atoms with E-state index in [9.17, 15) is 5.11 Å². The standard InChI is InChI=1S/C15H23NO2/c1-9-10-7-8-13(16)12(10)6-5-11(9)14(17)18-15(2,3)4/h5-6,13-14,17H,7-8,16H2,1-4H3. The van der Waals surface area contributed by atoms with E-state index in [1.807, 2.05) is 39.8 Å². The number of aliphatic hydroxyl groups excluding tert-OH is 1. The molecule has 3 nitrogen and oxygen atoms in total. The summed E-state index contributed by atoms with van der Waals surface area (Å²) in [5.74, 6) is 0. The van der Waals surface area contributed by atoms with Gasteiger partial charge in [-0.2, -0.15) is 0 Å². The van der Waals surface area contributed by atoms with E-state index in [1.165, 1.54) is 11.1 Å². The first-order valence-electron chi connectivity index (χ1n) is 6.53. The summed E-state index contributed by atoms with van der Waals surface area (Å²) in [5, 5.41) is 10.2. The number of ether oxygens (including phenoxy) is 1. The molecule has 0 saturated carbocycles. The van der Waals surface area contributed by atoms with Crippen LogP contribution in [-0.4, -0.2) is 10.7 Å². The van der Waals surface area contributed by atoms with Gasteiger partial charge in [-0.1, -0.05) is 12.1 Å². The van der Waals surface area contributed by atoms with Crippen molar-refractivity contribution in [1.82, 2.24) is 0 Å². The molecule has 3 heteroatoms. The number of aliphatic hydroxyl groups is 1. The van der Waals surface area contributed by atoms with Crippen molar-refractivity contribution in [1.29, 1.82) is 0 Å². The smallest absolute Gasteiger partial charge is 0.182 e. The lowest BCUT2D eigenvalue weighted by Crippen LogP contribution is -2.23. The molecule has 0 fully saturated rings. The predicted molar refractivity (Wildman–Crippen MR) is 72.2 cm³/mol. The van der Waals surface area contributed by atoms with Gasteiger partial charge in [0.05, 0.1) is 5.60 Å². The van der Waals surface area contributed by atoms with Gasteiger partial charge in [0.25, 0.3) is 0 Å². The van der Waals surface area contributed by atoms with Crippen LogP contribution in [0.1, 0.15) is 61.8 Å². The Morgan fingerprint density at radius 3 is 2.67 bits per heavy atom. The van der Waals surface area contributed by atoms with Crippen LogP contribution in [0.4, 0.5) is 0 Å². The van der Waals surface area contributed by atoms with Gasteiger partial charge in [0.15, 0.2) is 6.29 Å². The second-order valence-electron chi connectivity index (χ2n) is 6.08. The quantitative estimate of drug-likeness (QED) is 0.792. The van der Waals surface area contributed by atoms with Crippen molar-refractivity contribution >= 4 is 0 Å². The Labute approximate surface area is 109 Å². The highest BCUT2D eigenvalue weighted by Crippen LogP contribution is 2.35. The minimum absolute atomic E-state index is 0.147. The summed E-state index contributed by atoms with van der Waals surface area (Å²) in [6.07, 6.45) is 1.13. The van der Waals surface area contributed by atoms with E-state index in [0.717, 1.165) is 24.0 Å². The van der Waals surface area contributed by atoms with Crippen LogP contribution in [0.25, 0.3) is 0 Å². The Balaban J connectivity index is 2.31. The Morgan fingerprint density at radius 2 is 2.06 bits per heavy atom. The minimum atomic E-state index is -0.868. The summed E-state index contributed by atoms with van der Waals surface area (Å²) in [7, 11) is 0. The summed E-state index contributed by atoms with van der Waals surface area (Å²) in [6, 6.07) is 4.12. The molecule has 1 aliphatic rings. The molecule has 2 unspecified atom stereocenters. The van der Waals surface area contributed by atoms with E-state index < -0.39 is 6.29 Å². The van der Waals surface area contributed by atoms with Crippen molar-refractivity contribution in [3.63, 3.8) is 0 Å². The van der Waals surface area contributed by atoms with Gasteiger partial charge in [0, 0.05) is 11.6 Å². The van der Waals surface area contributed by atoms with Crippen molar-refractivity contribution in [2.75, 3.05) is 0 Å². The molecule has 1 aromatic carbocycles. The van der Waals surface area contributed by atoms with Gasteiger partial charge in [-0.15, -0.1) is 0 Å². The Hall–Kier alpha value is -0.900. The highest BCUT2D eigenvalue weighted by Gasteiger charge is 2.25. The van der Waals surface area contributed by atoms with Crippen LogP contribution < -0.4 is 5.73 Å². The van der Waals surface area contributed by atoms with Crippen LogP contribution in [0.3, 0.4) is 0 Å². The number of hydrogen-bond donors (Lipinski definition) is 2. The summed E-state index contributed by atoms with van der Waals surface area (Å²) in [4.78, 5) is 0. The van der Waals surface area contributed by atoms with Crippen molar-refractivity contribution in [2.24, 2.45) is 5.73 Å². The molecule has 0 aliphatic heterocycles. The fraction of sp³-hybridized carbons (Fsp3) is 0.600. The molecule has 0 spiro atoms. The molecule has 18 heavy (non-hydrogen) atoms. The molecule has 0 heterocycles. The lowest BCUT2D eigenvalue weighted by molar-refractivity contribution is -0.169. The molecule has 1 aromatic rings. The first-order chi connectivity index (χ1) is 8.29. The fourth-order valence-electron chi connectivity index (χ4n) is 2.60. The predicted octanol–water partition coefficient (Wildman–Crippen LogP) is 2.75. The zero-order chi connectivity index (χ0) is 13.5. The molecule has 2 atom stereocenters. The first kappa shape index (κ1) is 13.5. The van der Waals surface area contributed by atoms with Gasteiger partial charge in [-0.25, -0.2) is 0 Å². The second-order valence-corrected chi connectivity index (χ2v) is 6.08. The monoisotopic (exact) mass is 249 g/mol. The number of hydrogen-bond acceptors (Lipinski definition) is 3. The zero-order valence-corrected chi connectivity index (χ0v) is 11.7. The summed E-state index contributed by atoms with van der Waals surface area (Å²) in [5.41, 5.74) is 10.2. The molecular formula is C15H23NO2. The average molecular weight is 249 g/mol. The third-order valence-corrected chi connectivity index (χ3v) is 3.51. The highest BCUT2D eigenvalue weighted by molar-refractivity contribution is 5.45. The first-order valence-corrected chi connectivity index (χ1v) is 6.53. The molecule has 0 saturated heterocycles. The van der Waals surface area contributed by atoms with E-state index in [1.54, 1.807) is 0 Å². The largest absolute Gasteiger partial charge is 0.364 e. The van der Waals surface area contributed by atoms with E-state index in [-0.39, 0.29) is 11.6 Å². The Morgan fingerprint density at radius 1 is 1.39 bits per heavy atom. The zero-order valence-electron chi connectivity index (χ0n) is 11.7. The average Bonchev–Trinajstić information content (AvgIpc) is 2.59. The van der Waals surface area contributed by atoms with E-state index in [2.05, 4.69) is 0 Å². The van der Waals surface area contributed by atoms with Crippen molar-refractivity contribution in [2.45, 2.75) is 58.5 Å². The number of benzene rings is 1. The van der Waals surface area contributed by atoms with Gasteiger partial charge >= 0.3 is 0 Å². The highest BCUT2D eigenvalue weighted by atomic mass is 16.6. The van der Waals surface area contributed by atoms with E-state index in [0.29, 0.717) is 0 Å². The minimum Gasteiger partial charge on any atom is -0.364 e. The summed E-state index contributed by atoms with van der Waals surface area (Å²) >= 11 is 0. The normalized spacial score (nSPS) is 20.9. The molecule has 0 radical (unpaired) electrons. The molecule has 100 valence electrons. The van der Waals surface area contributed by atoms with Crippen LogP contribution in [0.15, 0.2) is 12.1 Å². The van der Waals surface area contributed by atoms with E-state index >= 15 is 0 Å². The van der Waals surface area contributed by atoms with Crippen LogP contribution in [-0.2, 0) is 11.2 Å². The maximum Gasteiger partial charge on any atom is 0.182 e. The Bertz CT molecular complexity index is 449. The molecular weight excluding hydrogens is 226 g/mol. The summed E-state index contributed by atoms with van der Waals surface area (Å²) < 4.78 is 5.62. The lowest BCUT2D eigenvalue weighted by atomic mass is 9.97. The number of rotatable bonds is 2. The second kappa shape index (κ2) is 4.65. The van der Waals surface area contributed by atoms with Crippen LogP contribution in [0.2, 0.25) is 0 Å². The summed E-state index contributed by atoms with van der Waals surface area (Å²) in [6.45, 7) is 7.86. The molecule has 0 aromatic heterocycles. The van der Waals surface area contributed by atoms with Gasteiger partial charge < -0.3 is 15.6 Å². The molecule has 0 bridgehead atoms. The Kier molecular flexibility index (Phi) is 3.49. The van der Waals surface area contributed by atoms with Crippen LogP contribution in [0, 0.1) is 6.92 Å². The van der Waals surface area contributed by atoms with Gasteiger partial charge in [0.2, 0.25) is 0 Å². The third-order valence-electron chi connectivity index (χ3n) is 3.51. The molecule has 3 N–H and O–H groups in total. The maximum absolute atomic E-state index is 10.2. The van der Waals surface area contributed by atoms with Crippen LogP contribution in [0.5, 0.6) is 0 Å². The van der Waals surface area contributed by atoms with Crippen molar-refractivity contribution < 1.29 is 9.84 Å². The van der Waals surface area contributed by atoms with Crippen molar-refractivity contribution in [3.8, 4) is 0 Å². The topological polar surface area (TPSA) is 55.5 Å². The molecule has 2 rings (SSSR count). The van der Waals surface area contributed by atoms with Gasteiger partial charge in [0.1, 0.15) is 0 Å². The lowest BCUT2D eigenvalue weighted by Gasteiger charge is -2.26. The molecule has 0 amide bonds. The SMILES string of the molecule is Cc1c(C(O)OC(C)(C)C)ccc2c1CCC2N. The van der Waals surface area contributed by atoms with Gasteiger partial charge in [-0.05, 0) is 57.2 Å².